The van der Waals surface area contributed by atoms with E-state index < -0.39 is 0 Å². The van der Waals surface area contributed by atoms with Crippen molar-refractivity contribution >= 4 is 16.7 Å². The van der Waals surface area contributed by atoms with Gasteiger partial charge in [-0.05, 0) is 57.6 Å². The third-order valence-electron chi connectivity index (χ3n) is 6.92. The van der Waals surface area contributed by atoms with Gasteiger partial charge in [-0.25, -0.2) is 4.98 Å². The van der Waals surface area contributed by atoms with Crippen LogP contribution in [0.25, 0.3) is 11.0 Å². The molecular formula is C25H30N6. The number of piperidine rings is 1. The minimum atomic E-state index is 0.205. The van der Waals surface area contributed by atoms with Gasteiger partial charge >= 0.3 is 0 Å². The number of anilines is 1. The molecule has 2 aromatic heterocycles. The monoisotopic (exact) mass is 414 g/mol. The van der Waals surface area contributed by atoms with E-state index in [2.05, 4.69) is 62.9 Å². The average molecular weight is 415 g/mol. The maximum Gasteiger partial charge on any atom is 0.124 e. The van der Waals surface area contributed by atoms with Gasteiger partial charge in [-0.15, -0.1) is 6.42 Å². The van der Waals surface area contributed by atoms with Crippen LogP contribution < -0.4 is 4.90 Å². The van der Waals surface area contributed by atoms with Crippen LogP contribution in [0.2, 0.25) is 0 Å². The number of para-hydroxylation sites is 1. The molecular weight excluding hydrogens is 384 g/mol. The van der Waals surface area contributed by atoms with Gasteiger partial charge in [0, 0.05) is 37.9 Å². The zero-order valence-electron chi connectivity index (χ0n) is 18.4. The van der Waals surface area contributed by atoms with Crippen molar-refractivity contribution in [3.63, 3.8) is 0 Å². The summed E-state index contributed by atoms with van der Waals surface area (Å²) in [5, 5.41) is 0. The van der Waals surface area contributed by atoms with Crippen molar-refractivity contribution in [2.75, 3.05) is 45.2 Å². The van der Waals surface area contributed by atoms with Gasteiger partial charge in [0.25, 0.3) is 0 Å². The van der Waals surface area contributed by atoms with Crippen molar-refractivity contribution in [1.82, 2.24) is 24.8 Å². The topological polar surface area (TPSA) is 51.3 Å². The van der Waals surface area contributed by atoms with E-state index in [-0.39, 0.29) is 12.1 Å². The Labute approximate surface area is 184 Å². The highest BCUT2D eigenvalue weighted by Gasteiger charge is 2.33. The van der Waals surface area contributed by atoms with Crippen LogP contribution >= 0.6 is 0 Å². The number of rotatable bonds is 3. The largest absolute Gasteiger partial charge is 0.367 e. The minimum absolute atomic E-state index is 0.205. The lowest BCUT2D eigenvalue weighted by Gasteiger charge is -2.38. The number of pyridine rings is 1. The Hall–Kier alpha value is -2.88. The van der Waals surface area contributed by atoms with Crippen LogP contribution in [-0.2, 0) is 0 Å². The van der Waals surface area contributed by atoms with E-state index >= 15 is 0 Å². The van der Waals surface area contributed by atoms with E-state index in [1.165, 1.54) is 5.69 Å². The first kappa shape index (κ1) is 20.0. The SMILES string of the molecule is C#Cc1cccnc1C1CCCC(c2nc3c(N4CCN(C)CC4)cccc3[nH]2)N1C. The fraction of sp³-hybridized carbons (Fsp3) is 0.440. The summed E-state index contributed by atoms with van der Waals surface area (Å²) in [5.74, 6) is 3.86. The summed E-state index contributed by atoms with van der Waals surface area (Å²) < 4.78 is 0. The lowest BCUT2D eigenvalue weighted by atomic mass is 9.92. The quantitative estimate of drug-likeness (QED) is 0.664. The molecule has 2 unspecified atom stereocenters. The van der Waals surface area contributed by atoms with Gasteiger partial charge in [-0.1, -0.05) is 12.0 Å². The van der Waals surface area contributed by atoms with Crippen LogP contribution in [0.1, 0.15) is 48.4 Å². The van der Waals surface area contributed by atoms with Crippen molar-refractivity contribution in [2.45, 2.75) is 31.3 Å². The molecule has 3 aromatic rings. The number of nitrogens with one attached hydrogen (secondary N) is 1. The van der Waals surface area contributed by atoms with Crippen molar-refractivity contribution in [1.29, 1.82) is 0 Å². The van der Waals surface area contributed by atoms with Gasteiger partial charge in [0.1, 0.15) is 11.3 Å². The zero-order valence-corrected chi connectivity index (χ0v) is 18.4. The highest BCUT2D eigenvalue weighted by atomic mass is 15.3. The van der Waals surface area contributed by atoms with Crippen LogP contribution in [0.5, 0.6) is 0 Å². The maximum absolute atomic E-state index is 5.76. The number of likely N-dealkylation sites (N-methyl/N-ethyl adjacent to an activating group) is 1. The Kier molecular flexibility index (Phi) is 5.39. The first-order valence-corrected chi connectivity index (χ1v) is 11.2. The van der Waals surface area contributed by atoms with E-state index in [1.54, 1.807) is 0 Å². The molecule has 2 saturated heterocycles. The smallest absolute Gasteiger partial charge is 0.124 e. The van der Waals surface area contributed by atoms with Crippen LogP contribution in [0.4, 0.5) is 5.69 Å². The Bertz CT molecular complexity index is 1100. The van der Waals surface area contributed by atoms with Crippen molar-refractivity contribution < 1.29 is 0 Å². The number of H-pyrrole nitrogens is 1. The molecule has 31 heavy (non-hydrogen) atoms. The van der Waals surface area contributed by atoms with Gasteiger partial charge in [0.15, 0.2) is 0 Å². The molecule has 1 N–H and O–H groups in total. The first-order chi connectivity index (χ1) is 15.2. The minimum Gasteiger partial charge on any atom is -0.367 e. The fourth-order valence-corrected chi connectivity index (χ4v) is 5.09. The Morgan fingerprint density at radius 3 is 2.65 bits per heavy atom. The number of aromatic amines is 1. The van der Waals surface area contributed by atoms with E-state index in [9.17, 15) is 0 Å². The lowest BCUT2D eigenvalue weighted by Crippen LogP contribution is -2.44. The van der Waals surface area contributed by atoms with Crippen LogP contribution in [0.3, 0.4) is 0 Å². The molecule has 2 aliphatic rings. The number of likely N-dealkylation sites (tertiary alicyclic amines) is 1. The number of aromatic nitrogens is 3. The molecule has 1 aromatic carbocycles. The molecule has 0 amide bonds. The van der Waals surface area contributed by atoms with Gasteiger partial charge in [0.05, 0.1) is 29.0 Å². The molecule has 0 bridgehead atoms. The second kappa shape index (κ2) is 8.33. The van der Waals surface area contributed by atoms with Crippen molar-refractivity contribution in [3.05, 3.63) is 53.6 Å². The molecule has 2 fully saturated rings. The highest BCUT2D eigenvalue weighted by Crippen LogP contribution is 2.40. The van der Waals surface area contributed by atoms with Crippen LogP contribution in [-0.4, -0.2) is 65.0 Å². The van der Waals surface area contributed by atoms with Crippen molar-refractivity contribution in [2.24, 2.45) is 0 Å². The van der Waals surface area contributed by atoms with Crippen LogP contribution in [0.15, 0.2) is 36.5 Å². The lowest BCUT2D eigenvalue weighted by molar-refractivity contribution is 0.107. The van der Waals surface area contributed by atoms with Gasteiger partial charge in [-0.2, -0.15) is 0 Å². The second-order valence-corrected chi connectivity index (χ2v) is 8.79. The predicted molar refractivity (Wildman–Crippen MR) is 125 cm³/mol. The molecule has 6 heteroatoms. The normalized spacial score (nSPS) is 23.2. The summed E-state index contributed by atoms with van der Waals surface area (Å²) in [6.07, 6.45) is 10.9. The van der Waals surface area contributed by atoms with E-state index in [1.807, 2.05) is 18.3 Å². The summed E-state index contributed by atoms with van der Waals surface area (Å²) >= 11 is 0. The summed E-state index contributed by atoms with van der Waals surface area (Å²) in [7, 11) is 4.37. The predicted octanol–water partition coefficient (Wildman–Crippen LogP) is 3.59. The average Bonchev–Trinajstić information content (AvgIpc) is 3.24. The molecule has 4 heterocycles. The first-order valence-electron chi connectivity index (χ1n) is 11.2. The van der Waals surface area contributed by atoms with E-state index in [4.69, 9.17) is 11.4 Å². The van der Waals surface area contributed by atoms with E-state index in [0.717, 1.165) is 73.6 Å². The Morgan fingerprint density at radius 2 is 1.84 bits per heavy atom. The molecule has 6 nitrogen and oxygen atoms in total. The molecule has 160 valence electrons. The third-order valence-corrected chi connectivity index (χ3v) is 6.92. The summed E-state index contributed by atoms with van der Waals surface area (Å²) in [5.41, 5.74) is 5.33. The summed E-state index contributed by atoms with van der Waals surface area (Å²) in [4.78, 5) is 20.7. The highest BCUT2D eigenvalue weighted by molar-refractivity contribution is 5.89. The van der Waals surface area contributed by atoms with Gasteiger partial charge in [0.2, 0.25) is 0 Å². The van der Waals surface area contributed by atoms with Gasteiger partial charge < -0.3 is 14.8 Å². The molecule has 0 spiro atoms. The standard InChI is InChI=1S/C25H30N6/c1-4-18-8-7-13-26-23(18)20-10-6-12-22(30(20)3)25-27-19-9-5-11-21(24(19)28-25)31-16-14-29(2)15-17-31/h1,5,7-9,11,13,20,22H,6,10,12,14-17H2,2-3H3,(H,27,28). The number of fused-ring (bicyclic) bond motifs is 1. The summed E-state index contributed by atoms with van der Waals surface area (Å²) in [6.45, 7) is 4.25. The number of hydrogen-bond acceptors (Lipinski definition) is 5. The number of imidazole rings is 1. The van der Waals surface area contributed by atoms with Gasteiger partial charge in [-0.3, -0.25) is 9.88 Å². The molecule has 5 rings (SSSR count). The van der Waals surface area contributed by atoms with Crippen LogP contribution in [0, 0.1) is 12.3 Å². The molecule has 0 saturated carbocycles. The number of terminal acetylenes is 1. The number of benzene rings is 1. The summed E-state index contributed by atoms with van der Waals surface area (Å²) in [6, 6.07) is 10.8. The maximum atomic E-state index is 5.76. The number of nitrogens with zero attached hydrogens (tertiary/aromatic N) is 5. The number of piperazine rings is 1. The van der Waals surface area contributed by atoms with Crippen molar-refractivity contribution in [3.8, 4) is 12.3 Å². The number of hydrogen-bond donors (Lipinski definition) is 1. The Balaban J connectivity index is 1.46. The molecule has 2 atom stereocenters. The molecule has 2 aliphatic heterocycles. The zero-order chi connectivity index (χ0) is 21.4. The Morgan fingerprint density at radius 1 is 1.03 bits per heavy atom. The second-order valence-electron chi connectivity index (χ2n) is 8.79. The third kappa shape index (κ3) is 3.69. The fourth-order valence-electron chi connectivity index (χ4n) is 5.09. The van der Waals surface area contributed by atoms with E-state index in [0.29, 0.717) is 0 Å². The molecule has 0 radical (unpaired) electrons. The molecule has 0 aliphatic carbocycles.